The third-order valence-corrected chi connectivity index (χ3v) is 2.43. The third-order valence-electron chi connectivity index (χ3n) is 2.14. The van der Waals surface area contributed by atoms with E-state index in [1.54, 1.807) is 0 Å². The van der Waals surface area contributed by atoms with Crippen molar-refractivity contribution in [2.75, 3.05) is 5.73 Å². The summed E-state index contributed by atoms with van der Waals surface area (Å²) in [7, 11) is 0. The highest BCUT2D eigenvalue weighted by atomic mass is 35.5. The van der Waals surface area contributed by atoms with Gasteiger partial charge in [-0.05, 0) is 28.5 Å². The van der Waals surface area contributed by atoms with Gasteiger partial charge in [0.25, 0.3) is 0 Å². The van der Waals surface area contributed by atoms with Crippen LogP contribution in [0, 0.1) is 0 Å². The molecule has 2 aromatic rings. The Balaban J connectivity index is 2.77. The molecule has 0 fully saturated rings. The summed E-state index contributed by atoms with van der Waals surface area (Å²) >= 11 is 5.81. The van der Waals surface area contributed by atoms with Crippen molar-refractivity contribution in [2.45, 2.75) is 5.88 Å². The number of nitrogens with two attached hydrogens (primary N) is 1. The zero-order valence-corrected chi connectivity index (χ0v) is 7.88. The smallest absolute Gasteiger partial charge is 0.0480 e. The molecule has 0 amide bonds. The minimum absolute atomic E-state index is 0.543. The minimum Gasteiger partial charge on any atom is -0.399 e. The van der Waals surface area contributed by atoms with Gasteiger partial charge >= 0.3 is 0 Å². The maximum Gasteiger partial charge on any atom is 0.0480 e. The number of hydrogen-bond acceptors (Lipinski definition) is 1. The van der Waals surface area contributed by atoms with Gasteiger partial charge in [0.15, 0.2) is 0 Å². The average Bonchev–Trinajstić information content (AvgIpc) is 2.16. The molecule has 2 rings (SSSR count). The van der Waals surface area contributed by atoms with E-state index in [0.717, 1.165) is 16.6 Å². The van der Waals surface area contributed by atoms with Crippen LogP contribution < -0.4 is 5.73 Å². The van der Waals surface area contributed by atoms with Crippen LogP contribution in [0.2, 0.25) is 0 Å². The Labute approximate surface area is 82.1 Å². The number of anilines is 1. The van der Waals surface area contributed by atoms with Gasteiger partial charge in [-0.15, -0.1) is 11.6 Å². The van der Waals surface area contributed by atoms with Crippen molar-refractivity contribution < 1.29 is 0 Å². The van der Waals surface area contributed by atoms with Crippen LogP contribution in [0.5, 0.6) is 0 Å². The van der Waals surface area contributed by atoms with Crippen LogP contribution in [0.25, 0.3) is 10.8 Å². The second kappa shape index (κ2) is 3.27. The number of alkyl halides is 1. The largest absolute Gasteiger partial charge is 0.399 e. The van der Waals surface area contributed by atoms with Crippen LogP contribution in [-0.2, 0) is 5.88 Å². The van der Waals surface area contributed by atoms with Crippen molar-refractivity contribution in [1.82, 2.24) is 0 Å². The lowest BCUT2D eigenvalue weighted by atomic mass is 10.1. The number of halogens is 1. The van der Waals surface area contributed by atoms with Gasteiger partial charge in [0.05, 0.1) is 0 Å². The first-order valence-corrected chi connectivity index (χ1v) is 4.68. The molecule has 1 nitrogen and oxygen atoms in total. The van der Waals surface area contributed by atoms with Crippen LogP contribution in [0.3, 0.4) is 0 Å². The quantitative estimate of drug-likeness (QED) is 0.544. The maximum atomic E-state index is 5.81. The number of hydrogen-bond donors (Lipinski definition) is 1. The van der Waals surface area contributed by atoms with Crippen molar-refractivity contribution >= 4 is 28.1 Å². The molecule has 0 spiro atoms. The summed E-state index contributed by atoms with van der Waals surface area (Å²) in [6.07, 6.45) is 0. The Morgan fingerprint density at radius 2 is 2.00 bits per heavy atom. The van der Waals surface area contributed by atoms with E-state index in [9.17, 15) is 0 Å². The van der Waals surface area contributed by atoms with E-state index >= 15 is 0 Å². The van der Waals surface area contributed by atoms with E-state index in [-0.39, 0.29) is 0 Å². The molecule has 0 aliphatic heterocycles. The van der Waals surface area contributed by atoms with E-state index in [1.165, 1.54) is 5.39 Å². The van der Waals surface area contributed by atoms with Crippen LogP contribution in [0.15, 0.2) is 36.4 Å². The Kier molecular flexibility index (Phi) is 2.11. The molecule has 66 valence electrons. The first-order chi connectivity index (χ1) is 6.31. The second-order valence-corrected chi connectivity index (χ2v) is 3.30. The van der Waals surface area contributed by atoms with Gasteiger partial charge in [0.2, 0.25) is 0 Å². The first-order valence-electron chi connectivity index (χ1n) is 4.14. The molecule has 0 aromatic heterocycles. The van der Waals surface area contributed by atoms with Crippen LogP contribution in [0.4, 0.5) is 5.69 Å². The van der Waals surface area contributed by atoms with Gasteiger partial charge < -0.3 is 5.73 Å². The van der Waals surface area contributed by atoms with E-state index in [4.69, 9.17) is 17.3 Å². The second-order valence-electron chi connectivity index (χ2n) is 3.03. The van der Waals surface area contributed by atoms with Gasteiger partial charge in [0, 0.05) is 11.6 Å². The highest BCUT2D eigenvalue weighted by Gasteiger charge is 1.98. The van der Waals surface area contributed by atoms with Crippen molar-refractivity contribution in [2.24, 2.45) is 0 Å². The zero-order chi connectivity index (χ0) is 9.26. The maximum absolute atomic E-state index is 5.81. The first kappa shape index (κ1) is 8.39. The molecule has 2 N–H and O–H groups in total. The highest BCUT2D eigenvalue weighted by Crippen LogP contribution is 2.22. The molecule has 0 atom stereocenters. The van der Waals surface area contributed by atoms with E-state index in [0.29, 0.717) is 5.88 Å². The van der Waals surface area contributed by atoms with E-state index in [1.807, 2.05) is 36.4 Å². The number of fused-ring (bicyclic) bond motifs is 1. The molecule has 0 saturated heterocycles. The predicted octanol–water partition coefficient (Wildman–Crippen LogP) is 3.16. The zero-order valence-electron chi connectivity index (χ0n) is 7.13. The number of nitrogen functional groups attached to an aromatic ring is 1. The van der Waals surface area contributed by atoms with E-state index < -0.39 is 0 Å². The Morgan fingerprint density at radius 1 is 1.15 bits per heavy atom. The van der Waals surface area contributed by atoms with Gasteiger partial charge in [-0.3, -0.25) is 0 Å². The lowest BCUT2D eigenvalue weighted by Gasteiger charge is -2.03. The molecule has 0 bridgehead atoms. The summed E-state index contributed by atoms with van der Waals surface area (Å²) in [5, 5.41) is 2.34. The highest BCUT2D eigenvalue weighted by molar-refractivity contribution is 6.18. The van der Waals surface area contributed by atoms with Crippen molar-refractivity contribution in [1.29, 1.82) is 0 Å². The minimum atomic E-state index is 0.543. The van der Waals surface area contributed by atoms with Crippen molar-refractivity contribution in [3.05, 3.63) is 42.0 Å². The molecule has 0 radical (unpaired) electrons. The summed E-state index contributed by atoms with van der Waals surface area (Å²) in [4.78, 5) is 0. The monoisotopic (exact) mass is 191 g/mol. The third kappa shape index (κ3) is 1.47. The topological polar surface area (TPSA) is 26.0 Å². The average molecular weight is 192 g/mol. The molecule has 13 heavy (non-hydrogen) atoms. The van der Waals surface area contributed by atoms with Gasteiger partial charge in [-0.25, -0.2) is 0 Å². The molecule has 2 aromatic carbocycles. The lowest BCUT2D eigenvalue weighted by Crippen LogP contribution is -1.86. The van der Waals surface area contributed by atoms with Crippen molar-refractivity contribution in [3.63, 3.8) is 0 Å². The van der Waals surface area contributed by atoms with Crippen molar-refractivity contribution in [3.8, 4) is 0 Å². The van der Waals surface area contributed by atoms with Gasteiger partial charge in [0.1, 0.15) is 0 Å². The fraction of sp³-hybridized carbons (Fsp3) is 0.0909. The fourth-order valence-corrected chi connectivity index (χ4v) is 1.72. The molecule has 0 heterocycles. The van der Waals surface area contributed by atoms with Gasteiger partial charge in [-0.1, -0.05) is 24.3 Å². The summed E-state index contributed by atoms with van der Waals surface area (Å²) < 4.78 is 0. The predicted molar refractivity (Wildman–Crippen MR) is 57.9 cm³/mol. The molecule has 0 aliphatic rings. The molecule has 2 heteroatoms. The fourth-order valence-electron chi connectivity index (χ4n) is 1.49. The summed E-state index contributed by atoms with van der Waals surface area (Å²) in [5.41, 5.74) is 7.63. The number of rotatable bonds is 1. The Morgan fingerprint density at radius 3 is 2.77 bits per heavy atom. The molecule has 0 aliphatic carbocycles. The Bertz CT molecular complexity index is 437. The Hall–Kier alpha value is -1.21. The summed E-state index contributed by atoms with van der Waals surface area (Å²) in [6, 6.07) is 12.0. The van der Waals surface area contributed by atoms with Crippen LogP contribution in [0.1, 0.15) is 5.56 Å². The molecular formula is C11H10ClN. The standard InChI is InChI=1S/C11H10ClN/c12-7-9-3-1-2-8-6-10(13)4-5-11(8)9/h1-6H,7,13H2. The normalized spacial score (nSPS) is 10.5. The molecule has 0 saturated carbocycles. The number of benzene rings is 2. The summed E-state index contributed by atoms with van der Waals surface area (Å²) in [5.74, 6) is 0.543. The van der Waals surface area contributed by atoms with Gasteiger partial charge in [-0.2, -0.15) is 0 Å². The molecule has 0 unspecified atom stereocenters. The molecular weight excluding hydrogens is 182 g/mol. The SMILES string of the molecule is Nc1ccc2c(CCl)cccc2c1. The van der Waals surface area contributed by atoms with E-state index in [2.05, 4.69) is 0 Å². The summed E-state index contributed by atoms with van der Waals surface area (Å²) in [6.45, 7) is 0. The van der Waals surface area contributed by atoms with Crippen LogP contribution in [-0.4, -0.2) is 0 Å². The lowest BCUT2D eigenvalue weighted by molar-refractivity contribution is 1.45. The van der Waals surface area contributed by atoms with Crippen LogP contribution >= 0.6 is 11.6 Å².